The second-order valence-corrected chi connectivity index (χ2v) is 1.81. The van der Waals surface area contributed by atoms with Crippen LogP contribution in [0.5, 0.6) is 0 Å². The molecule has 1 atom stereocenters. The van der Waals surface area contributed by atoms with E-state index in [-0.39, 0.29) is 12.8 Å². The lowest BCUT2D eigenvalue weighted by Gasteiger charge is -2.03. The van der Waals surface area contributed by atoms with Crippen LogP contribution in [0.1, 0.15) is 0 Å². The van der Waals surface area contributed by atoms with Gasteiger partial charge in [-0.1, -0.05) is 0 Å². The van der Waals surface area contributed by atoms with Crippen molar-refractivity contribution < 1.29 is 19.1 Å². The number of carbonyl (C=O) groups is 3. The van der Waals surface area contributed by atoms with Crippen LogP contribution in [0.15, 0.2) is 0 Å². The number of ketones is 1. The molecule has 0 aliphatic heterocycles. The monoisotopic (exact) mass is 159 g/mol. The molecular formula is C6H9NO4. The van der Waals surface area contributed by atoms with Crippen LogP contribution in [0.3, 0.4) is 0 Å². The van der Waals surface area contributed by atoms with Crippen LogP contribution in [0.4, 0.5) is 0 Å². The fourth-order valence-corrected chi connectivity index (χ4v) is 0.517. The van der Waals surface area contributed by atoms with Crippen LogP contribution in [0.25, 0.3) is 0 Å². The lowest BCUT2D eigenvalue weighted by atomic mass is 10.1. The van der Waals surface area contributed by atoms with Gasteiger partial charge in [0.2, 0.25) is 0 Å². The SMILES string of the molecule is COC(=O)C(C=O)C(=O)CN. The molecule has 0 aromatic rings. The van der Waals surface area contributed by atoms with E-state index in [1.807, 2.05) is 0 Å². The molecule has 0 spiro atoms. The van der Waals surface area contributed by atoms with E-state index in [1.165, 1.54) is 0 Å². The average Bonchev–Trinajstić information content (AvgIpc) is 2.05. The lowest BCUT2D eigenvalue weighted by Crippen LogP contribution is -2.31. The van der Waals surface area contributed by atoms with Crippen LogP contribution < -0.4 is 5.73 Å². The van der Waals surface area contributed by atoms with Crippen molar-refractivity contribution in [2.45, 2.75) is 0 Å². The van der Waals surface area contributed by atoms with Gasteiger partial charge in [-0.05, 0) is 0 Å². The zero-order chi connectivity index (χ0) is 8.85. The minimum Gasteiger partial charge on any atom is -0.468 e. The highest BCUT2D eigenvalue weighted by molar-refractivity contribution is 6.11. The molecule has 0 amide bonds. The Morgan fingerprint density at radius 1 is 1.64 bits per heavy atom. The zero-order valence-electron chi connectivity index (χ0n) is 6.07. The van der Waals surface area contributed by atoms with Gasteiger partial charge >= 0.3 is 5.97 Å². The predicted octanol–water partition coefficient (Wildman–Crippen LogP) is -1.50. The van der Waals surface area contributed by atoms with Crippen LogP contribution in [0, 0.1) is 5.92 Å². The lowest BCUT2D eigenvalue weighted by molar-refractivity contribution is -0.150. The Bertz CT molecular complexity index is 161. The highest BCUT2D eigenvalue weighted by atomic mass is 16.5. The topological polar surface area (TPSA) is 86.5 Å². The van der Waals surface area contributed by atoms with E-state index < -0.39 is 17.7 Å². The summed E-state index contributed by atoms with van der Waals surface area (Å²) in [5.74, 6) is -2.85. The third-order valence-electron chi connectivity index (χ3n) is 1.14. The van der Waals surface area contributed by atoms with E-state index >= 15 is 0 Å². The minimum absolute atomic E-state index is 0.223. The molecule has 5 nitrogen and oxygen atoms in total. The maximum atomic E-state index is 10.7. The molecular weight excluding hydrogens is 150 g/mol. The highest BCUT2D eigenvalue weighted by Crippen LogP contribution is 1.95. The summed E-state index contributed by atoms with van der Waals surface area (Å²) in [5, 5.41) is 0. The van der Waals surface area contributed by atoms with Gasteiger partial charge in [0.05, 0.1) is 13.7 Å². The fraction of sp³-hybridized carbons (Fsp3) is 0.500. The minimum atomic E-state index is -1.36. The number of esters is 1. The van der Waals surface area contributed by atoms with Crippen molar-refractivity contribution in [3.05, 3.63) is 0 Å². The van der Waals surface area contributed by atoms with Crippen molar-refractivity contribution in [1.82, 2.24) is 0 Å². The summed E-state index contributed by atoms with van der Waals surface area (Å²) in [5.41, 5.74) is 4.92. The molecule has 0 aliphatic carbocycles. The van der Waals surface area contributed by atoms with Gasteiger partial charge in [-0.25, -0.2) is 0 Å². The standard InChI is InChI=1S/C6H9NO4/c1-11-6(10)4(3-8)5(9)2-7/h3-4H,2,7H2,1H3. The Balaban J connectivity index is 4.27. The van der Waals surface area contributed by atoms with Crippen molar-refractivity contribution in [3.63, 3.8) is 0 Å². The average molecular weight is 159 g/mol. The highest BCUT2D eigenvalue weighted by Gasteiger charge is 2.25. The smallest absolute Gasteiger partial charge is 0.323 e. The van der Waals surface area contributed by atoms with E-state index in [1.54, 1.807) is 0 Å². The van der Waals surface area contributed by atoms with Crippen molar-refractivity contribution >= 4 is 18.0 Å². The quantitative estimate of drug-likeness (QED) is 0.306. The Hall–Kier alpha value is -1.23. The first kappa shape index (κ1) is 9.77. The van der Waals surface area contributed by atoms with E-state index in [0.29, 0.717) is 0 Å². The summed E-state index contributed by atoms with van der Waals surface area (Å²) < 4.78 is 4.18. The third kappa shape index (κ3) is 2.46. The molecule has 0 aromatic carbocycles. The molecule has 2 N–H and O–H groups in total. The Labute approximate surface area is 63.5 Å². The summed E-state index contributed by atoms with van der Waals surface area (Å²) in [7, 11) is 1.10. The summed E-state index contributed by atoms with van der Waals surface area (Å²) in [4.78, 5) is 31.4. The number of rotatable bonds is 4. The number of Topliss-reactive ketones (excluding diaryl/α,β-unsaturated/α-hetero) is 1. The number of nitrogens with two attached hydrogens (primary N) is 1. The van der Waals surface area contributed by atoms with Crippen molar-refractivity contribution in [1.29, 1.82) is 0 Å². The van der Waals surface area contributed by atoms with E-state index in [2.05, 4.69) is 4.74 Å². The maximum absolute atomic E-state index is 10.7. The molecule has 0 rings (SSSR count). The maximum Gasteiger partial charge on any atom is 0.323 e. The molecule has 5 heteroatoms. The third-order valence-corrected chi connectivity index (χ3v) is 1.14. The number of ether oxygens (including phenoxy) is 1. The number of hydrogen-bond acceptors (Lipinski definition) is 5. The molecule has 0 aliphatic rings. The Kier molecular flexibility index (Phi) is 4.05. The Morgan fingerprint density at radius 3 is 2.45 bits per heavy atom. The molecule has 11 heavy (non-hydrogen) atoms. The number of carbonyl (C=O) groups excluding carboxylic acids is 3. The summed E-state index contributed by atoms with van der Waals surface area (Å²) in [6.45, 7) is -0.335. The zero-order valence-corrected chi connectivity index (χ0v) is 6.07. The Morgan fingerprint density at radius 2 is 2.18 bits per heavy atom. The van der Waals surface area contributed by atoms with Gasteiger partial charge in [-0.15, -0.1) is 0 Å². The van der Waals surface area contributed by atoms with Gasteiger partial charge in [0, 0.05) is 0 Å². The van der Waals surface area contributed by atoms with Crippen molar-refractivity contribution in [2.75, 3.05) is 13.7 Å². The van der Waals surface area contributed by atoms with E-state index in [9.17, 15) is 14.4 Å². The van der Waals surface area contributed by atoms with Crippen LogP contribution in [-0.4, -0.2) is 31.7 Å². The number of hydrogen-bond donors (Lipinski definition) is 1. The van der Waals surface area contributed by atoms with E-state index in [0.717, 1.165) is 7.11 Å². The largest absolute Gasteiger partial charge is 0.468 e. The van der Waals surface area contributed by atoms with Crippen molar-refractivity contribution in [3.8, 4) is 0 Å². The summed E-state index contributed by atoms with van der Waals surface area (Å²) >= 11 is 0. The van der Waals surface area contributed by atoms with Crippen molar-refractivity contribution in [2.24, 2.45) is 11.7 Å². The normalized spacial score (nSPS) is 11.8. The van der Waals surface area contributed by atoms with Gasteiger partial charge < -0.3 is 15.3 Å². The van der Waals surface area contributed by atoms with Crippen LogP contribution in [-0.2, 0) is 19.1 Å². The molecule has 0 radical (unpaired) electrons. The van der Waals surface area contributed by atoms with Gasteiger partial charge in [0.15, 0.2) is 11.7 Å². The summed E-state index contributed by atoms with van der Waals surface area (Å²) in [6, 6.07) is 0. The predicted molar refractivity (Wildman–Crippen MR) is 35.6 cm³/mol. The van der Waals surface area contributed by atoms with E-state index in [4.69, 9.17) is 5.73 Å². The molecule has 1 unspecified atom stereocenters. The van der Waals surface area contributed by atoms with Crippen LogP contribution in [0.2, 0.25) is 0 Å². The van der Waals surface area contributed by atoms with Crippen LogP contribution >= 0.6 is 0 Å². The molecule has 0 saturated heterocycles. The second-order valence-electron chi connectivity index (χ2n) is 1.81. The molecule has 0 aromatic heterocycles. The van der Waals surface area contributed by atoms with Gasteiger partial charge in [-0.3, -0.25) is 9.59 Å². The molecule has 0 fully saturated rings. The number of methoxy groups -OCH3 is 1. The molecule has 0 bridgehead atoms. The first-order chi connectivity index (χ1) is 5.17. The van der Waals surface area contributed by atoms with Gasteiger partial charge in [0.1, 0.15) is 6.29 Å². The number of aldehydes is 1. The molecule has 0 saturated carbocycles. The summed E-state index contributed by atoms with van der Waals surface area (Å²) in [6.07, 6.45) is 0.223. The second kappa shape index (κ2) is 4.56. The molecule has 62 valence electrons. The first-order valence-corrected chi connectivity index (χ1v) is 2.93. The fourth-order valence-electron chi connectivity index (χ4n) is 0.517. The van der Waals surface area contributed by atoms with Gasteiger partial charge in [0.25, 0.3) is 0 Å². The molecule has 0 heterocycles. The first-order valence-electron chi connectivity index (χ1n) is 2.93. The van der Waals surface area contributed by atoms with Gasteiger partial charge in [-0.2, -0.15) is 0 Å².